The van der Waals surface area contributed by atoms with Crippen molar-refractivity contribution in [2.45, 2.75) is 87.9 Å². The van der Waals surface area contributed by atoms with Crippen molar-refractivity contribution < 1.29 is 26.3 Å². The summed E-state index contributed by atoms with van der Waals surface area (Å²) in [4.78, 5) is 2.10. The lowest BCUT2D eigenvalue weighted by molar-refractivity contribution is -0.215. The minimum absolute atomic E-state index is 0.0526. The van der Waals surface area contributed by atoms with Crippen molar-refractivity contribution in [3.63, 3.8) is 0 Å². The number of likely N-dealkylation sites (N-methyl/N-ethyl adjacent to an activating group) is 1. The van der Waals surface area contributed by atoms with Crippen LogP contribution in [-0.2, 0) is 23.7 Å². The normalized spacial score (nSPS) is 18.0. The van der Waals surface area contributed by atoms with Gasteiger partial charge in [0.1, 0.15) is 0 Å². The van der Waals surface area contributed by atoms with E-state index in [-0.39, 0.29) is 48.8 Å². The molecule has 0 N–H and O–H groups in total. The summed E-state index contributed by atoms with van der Waals surface area (Å²) < 4.78 is 85.6. The molecule has 2 saturated carbocycles. The van der Waals surface area contributed by atoms with Crippen molar-refractivity contribution in [2.24, 2.45) is 0 Å². The highest BCUT2D eigenvalue weighted by atomic mass is 19.4. The van der Waals surface area contributed by atoms with Crippen molar-refractivity contribution in [1.82, 2.24) is 4.90 Å². The minimum Gasteiger partial charge on any atom is -0.306 e. The Kier molecular flexibility index (Phi) is 9.57. The van der Waals surface area contributed by atoms with Crippen molar-refractivity contribution in [1.29, 1.82) is 5.26 Å². The first-order valence-corrected chi connectivity index (χ1v) is 13.2. The Labute approximate surface area is 221 Å². The maximum absolute atomic E-state index is 14.3. The van der Waals surface area contributed by atoms with Gasteiger partial charge in [0.15, 0.2) is 0 Å². The molecule has 0 amide bonds. The van der Waals surface area contributed by atoms with E-state index in [1.165, 1.54) is 30.7 Å². The Morgan fingerprint density at radius 2 is 1.24 bits per heavy atom. The summed E-state index contributed by atoms with van der Waals surface area (Å²) in [5, 5.41) is 7.32. The Hall–Kier alpha value is -2.53. The van der Waals surface area contributed by atoms with E-state index in [9.17, 15) is 26.3 Å². The van der Waals surface area contributed by atoms with Crippen LogP contribution in [-0.4, -0.2) is 37.4 Å². The Bertz CT molecular complexity index is 1030. The van der Waals surface area contributed by atoms with Crippen LogP contribution in [0.2, 0.25) is 0 Å². The van der Waals surface area contributed by atoms with E-state index in [0.29, 0.717) is 25.8 Å². The zero-order valence-electron chi connectivity index (χ0n) is 22.1. The molecule has 2 nitrogen and oxygen atoms in total. The average Bonchev–Trinajstić information content (AvgIpc) is 2.77. The van der Waals surface area contributed by atoms with Gasteiger partial charge in [-0.2, -0.15) is 31.6 Å². The lowest BCUT2D eigenvalue weighted by Gasteiger charge is -2.48. The standard InChI is InChI=1S/C28H33F6N.C2H3N/c1-35(20-14-21-9-3-2-4-10-21)19-6-11-22-23(25(15-7-16-25)27(29,30)31)12-5-13-24(22)26(17-8-18-26)28(32,33)34;1-2-3/h2-5,9-10,12-13H,6-8,11,14-20H2,1H3;1H3. The van der Waals surface area contributed by atoms with Crippen LogP contribution in [0.4, 0.5) is 26.3 Å². The van der Waals surface area contributed by atoms with Crippen molar-refractivity contribution in [2.75, 3.05) is 20.1 Å². The monoisotopic (exact) mass is 538 g/mol. The predicted octanol–water partition coefficient (Wildman–Crippen LogP) is 8.29. The van der Waals surface area contributed by atoms with E-state index in [0.717, 1.165) is 13.0 Å². The maximum atomic E-state index is 14.3. The minimum atomic E-state index is -4.48. The smallest absolute Gasteiger partial charge is 0.306 e. The van der Waals surface area contributed by atoms with Crippen LogP contribution in [0.5, 0.6) is 0 Å². The van der Waals surface area contributed by atoms with Crippen LogP contribution in [0.3, 0.4) is 0 Å². The van der Waals surface area contributed by atoms with Crippen LogP contribution < -0.4 is 0 Å². The molecule has 2 fully saturated rings. The van der Waals surface area contributed by atoms with Gasteiger partial charge in [0.2, 0.25) is 0 Å². The topological polar surface area (TPSA) is 27.0 Å². The van der Waals surface area contributed by atoms with Gasteiger partial charge < -0.3 is 4.90 Å². The lowest BCUT2D eigenvalue weighted by Crippen LogP contribution is -2.51. The number of rotatable bonds is 9. The SMILES string of the molecule is CC#N.CN(CCCc1c(C2(C(F)(F)F)CCC2)cccc1C1(C(F)(F)F)CCC1)CCc1ccccc1. The van der Waals surface area contributed by atoms with Gasteiger partial charge in [-0.05, 0) is 80.8 Å². The molecule has 0 radical (unpaired) electrons. The van der Waals surface area contributed by atoms with Gasteiger partial charge in [0.25, 0.3) is 0 Å². The second kappa shape index (κ2) is 12.1. The molecule has 0 unspecified atom stereocenters. The number of nitrogens with zero attached hydrogens (tertiary/aromatic N) is 2. The lowest BCUT2D eigenvalue weighted by atomic mass is 9.58. The quantitative estimate of drug-likeness (QED) is 0.300. The second-order valence-electron chi connectivity index (χ2n) is 10.6. The van der Waals surface area contributed by atoms with Crippen molar-refractivity contribution >= 4 is 0 Å². The van der Waals surface area contributed by atoms with Gasteiger partial charge in [-0.1, -0.05) is 61.4 Å². The Morgan fingerprint density at radius 3 is 1.63 bits per heavy atom. The number of halogens is 6. The molecular formula is C30H36F6N2. The average molecular weight is 539 g/mol. The van der Waals surface area contributed by atoms with Gasteiger partial charge in [-0.15, -0.1) is 0 Å². The molecule has 8 heteroatoms. The molecule has 4 rings (SSSR count). The molecule has 0 atom stereocenters. The predicted molar refractivity (Wildman–Crippen MR) is 137 cm³/mol. The number of benzene rings is 2. The van der Waals surface area contributed by atoms with Gasteiger partial charge in [0.05, 0.1) is 16.9 Å². The molecule has 0 spiro atoms. The number of alkyl halides is 6. The van der Waals surface area contributed by atoms with Crippen LogP contribution in [0.15, 0.2) is 48.5 Å². The number of hydrogen-bond donors (Lipinski definition) is 0. The summed E-state index contributed by atoms with van der Waals surface area (Å²) in [7, 11) is 1.95. The zero-order valence-corrected chi connectivity index (χ0v) is 22.1. The summed E-state index contributed by atoms with van der Waals surface area (Å²) in [6, 6.07) is 16.0. The first kappa shape index (κ1) is 30.0. The molecular weight excluding hydrogens is 502 g/mol. The van der Waals surface area contributed by atoms with E-state index in [4.69, 9.17) is 5.26 Å². The van der Waals surface area contributed by atoms with Crippen LogP contribution in [0.25, 0.3) is 0 Å². The fourth-order valence-corrected chi connectivity index (χ4v) is 5.83. The van der Waals surface area contributed by atoms with Gasteiger partial charge in [0, 0.05) is 13.5 Å². The first-order valence-electron chi connectivity index (χ1n) is 13.2. The molecule has 2 aromatic carbocycles. The number of nitriles is 1. The van der Waals surface area contributed by atoms with Gasteiger partial charge >= 0.3 is 12.4 Å². The van der Waals surface area contributed by atoms with E-state index in [2.05, 4.69) is 4.90 Å². The van der Waals surface area contributed by atoms with E-state index < -0.39 is 23.2 Å². The molecule has 0 aromatic heterocycles. The van der Waals surface area contributed by atoms with Crippen molar-refractivity contribution in [3.8, 4) is 6.07 Å². The van der Waals surface area contributed by atoms with Gasteiger partial charge in [-0.3, -0.25) is 0 Å². The van der Waals surface area contributed by atoms with E-state index >= 15 is 0 Å². The van der Waals surface area contributed by atoms with Crippen LogP contribution >= 0.6 is 0 Å². The third-order valence-corrected chi connectivity index (χ3v) is 8.30. The molecule has 0 aliphatic heterocycles. The summed E-state index contributed by atoms with van der Waals surface area (Å²) >= 11 is 0. The largest absolute Gasteiger partial charge is 0.398 e. The summed E-state index contributed by atoms with van der Waals surface area (Å²) in [5.74, 6) is 0. The molecule has 38 heavy (non-hydrogen) atoms. The molecule has 0 heterocycles. The summed E-state index contributed by atoms with van der Waals surface area (Å²) in [5.41, 5.74) is -2.39. The second-order valence-corrected chi connectivity index (χ2v) is 10.6. The van der Waals surface area contributed by atoms with Crippen LogP contribution in [0, 0.1) is 11.3 Å². The summed E-state index contributed by atoms with van der Waals surface area (Å²) in [6.45, 7) is 2.82. The fourth-order valence-electron chi connectivity index (χ4n) is 5.83. The van der Waals surface area contributed by atoms with Gasteiger partial charge in [-0.25, -0.2) is 0 Å². The molecule has 208 valence electrons. The fraction of sp³-hybridized carbons (Fsp3) is 0.567. The molecule has 0 bridgehead atoms. The highest BCUT2D eigenvalue weighted by Crippen LogP contribution is 2.59. The zero-order chi connectivity index (χ0) is 28.0. The maximum Gasteiger partial charge on any atom is 0.398 e. The third-order valence-electron chi connectivity index (χ3n) is 8.30. The Morgan fingerprint density at radius 1 is 0.763 bits per heavy atom. The molecule has 2 aliphatic rings. The highest BCUT2D eigenvalue weighted by Gasteiger charge is 2.63. The first-order chi connectivity index (χ1) is 17.9. The van der Waals surface area contributed by atoms with E-state index in [1.807, 2.05) is 37.4 Å². The Balaban J connectivity index is 0.00000127. The van der Waals surface area contributed by atoms with Crippen LogP contribution in [0.1, 0.15) is 74.1 Å². The highest BCUT2D eigenvalue weighted by molar-refractivity contribution is 5.48. The third kappa shape index (κ3) is 6.03. The number of hydrogen-bond acceptors (Lipinski definition) is 2. The van der Waals surface area contributed by atoms with Crippen molar-refractivity contribution in [3.05, 3.63) is 70.8 Å². The van der Waals surface area contributed by atoms with E-state index in [1.54, 1.807) is 6.07 Å². The summed E-state index contributed by atoms with van der Waals surface area (Å²) in [6.07, 6.45) is -6.71. The molecule has 2 aliphatic carbocycles. The molecule has 0 saturated heterocycles. The molecule has 2 aromatic rings.